The van der Waals surface area contributed by atoms with Gasteiger partial charge in [-0.3, -0.25) is 4.79 Å². The summed E-state index contributed by atoms with van der Waals surface area (Å²) in [5.74, 6) is 0.421. The molecule has 2 rings (SSSR count). The number of nitrogens with zero attached hydrogens (tertiary/aromatic N) is 2. The second kappa shape index (κ2) is 5.67. The molecule has 2 aromatic rings. The Bertz CT molecular complexity index is 595. The summed E-state index contributed by atoms with van der Waals surface area (Å²) in [6, 6.07) is 6.48. The molecule has 98 valence electrons. The summed E-state index contributed by atoms with van der Waals surface area (Å²) in [6.45, 7) is 2.12. The molecule has 3 N–H and O–H groups in total. The van der Waals surface area contributed by atoms with Gasteiger partial charge in [0, 0.05) is 22.5 Å². The van der Waals surface area contributed by atoms with Crippen LogP contribution >= 0.6 is 11.6 Å². The Morgan fingerprint density at radius 2 is 2.21 bits per heavy atom. The summed E-state index contributed by atoms with van der Waals surface area (Å²) in [5.41, 5.74) is 7.27. The minimum Gasteiger partial charge on any atom is -0.399 e. The molecule has 0 aliphatic heterocycles. The van der Waals surface area contributed by atoms with E-state index < -0.39 is 0 Å². The maximum atomic E-state index is 11.9. The van der Waals surface area contributed by atoms with Crippen molar-refractivity contribution >= 4 is 23.2 Å². The lowest BCUT2D eigenvalue weighted by Crippen LogP contribution is -2.23. The van der Waals surface area contributed by atoms with E-state index in [4.69, 9.17) is 17.3 Å². The molecule has 1 heterocycles. The summed E-state index contributed by atoms with van der Waals surface area (Å²) in [4.78, 5) is 20.1. The molecule has 0 saturated heterocycles. The summed E-state index contributed by atoms with van der Waals surface area (Å²) >= 11 is 5.85. The second-order valence-corrected chi connectivity index (χ2v) is 4.49. The average Bonchev–Trinajstić information content (AvgIpc) is 2.35. The SMILES string of the molecule is Cc1nccc(CNC(=O)c2cc(N)cc(Cl)c2)n1. The van der Waals surface area contributed by atoms with Crippen molar-refractivity contribution in [2.75, 3.05) is 5.73 Å². The van der Waals surface area contributed by atoms with E-state index in [-0.39, 0.29) is 5.91 Å². The first-order valence-electron chi connectivity index (χ1n) is 5.67. The predicted molar refractivity (Wildman–Crippen MR) is 73.8 cm³/mol. The highest BCUT2D eigenvalue weighted by molar-refractivity contribution is 6.31. The molecule has 0 spiro atoms. The van der Waals surface area contributed by atoms with E-state index in [2.05, 4.69) is 15.3 Å². The van der Waals surface area contributed by atoms with Gasteiger partial charge in [0.15, 0.2) is 0 Å². The first-order chi connectivity index (χ1) is 9.04. The number of carbonyl (C=O) groups excluding carboxylic acids is 1. The number of rotatable bonds is 3. The Morgan fingerprint density at radius 3 is 2.89 bits per heavy atom. The summed E-state index contributed by atoms with van der Waals surface area (Å²) in [6.07, 6.45) is 1.65. The largest absolute Gasteiger partial charge is 0.399 e. The number of carbonyl (C=O) groups is 1. The first kappa shape index (κ1) is 13.3. The quantitative estimate of drug-likeness (QED) is 0.840. The number of halogens is 1. The number of nitrogen functional groups attached to an aromatic ring is 1. The van der Waals surface area contributed by atoms with Crippen molar-refractivity contribution in [3.05, 3.63) is 52.6 Å². The van der Waals surface area contributed by atoms with Crippen molar-refractivity contribution < 1.29 is 4.79 Å². The molecule has 1 aromatic heterocycles. The Labute approximate surface area is 115 Å². The van der Waals surface area contributed by atoms with Gasteiger partial charge < -0.3 is 11.1 Å². The number of nitrogens with two attached hydrogens (primary N) is 1. The number of aryl methyl sites for hydroxylation is 1. The monoisotopic (exact) mass is 276 g/mol. The fourth-order valence-electron chi connectivity index (χ4n) is 1.62. The summed E-state index contributed by atoms with van der Waals surface area (Å²) in [5, 5.41) is 3.19. The second-order valence-electron chi connectivity index (χ2n) is 4.05. The number of anilines is 1. The van der Waals surface area contributed by atoms with E-state index in [1.165, 1.54) is 0 Å². The van der Waals surface area contributed by atoms with Crippen molar-refractivity contribution in [3.8, 4) is 0 Å². The third-order valence-corrected chi connectivity index (χ3v) is 2.66. The topological polar surface area (TPSA) is 80.9 Å². The highest BCUT2D eigenvalue weighted by Crippen LogP contribution is 2.16. The van der Waals surface area contributed by atoms with E-state index in [0.717, 1.165) is 5.69 Å². The van der Waals surface area contributed by atoms with Crippen LogP contribution in [0.1, 0.15) is 21.9 Å². The molecule has 0 bridgehead atoms. The Kier molecular flexibility index (Phi) is 3.97. The maximum Gasteiger partial charge on any atom is 0.251 e. The summed E-state index contributed by atoms with van der Waals surface area (Å²) in [7, 11) is 0. The molecule has 1 amide bonds. The zero-order valence-corrected chi connectivity index (χ0v) is 11.1. The number of benzene rings is 1. The van der Waals surface area contributed by atoms with E-state index in [9.17, 15) is 4.79 Å². The highest BCUT2D eigenvalue weighted by atomic mass is 35.5. The van der Waals surface area contributed by atoms with Crippen LogP contribution in [0.3, 0.4) is 0 Å². The van der Waals surface area contributed by atoms with Crippen LogP contribution in [0.15, 0.2) is 30.5 Å². The molecular weight excluding hydrogens is 264 g/mol. The highest BCUT2D eigenvalue weighted by Gasteiger charge is 2.07. The van der Waals surface area contributed by atoms with E-state index >= 15 is 0 Å². The van der Waals surface area contributed by atoms with Gasteiger partial charge >= 0.3 is 0 Å². The van der Waals surface area contributed by atoms with Gasteiger partial charge in [0.1, 0.15) is 5.82 Å². The van der Waals surface area contributed by atoms with E-state index in [0.29, 0.717) is 28.6 Å². The fourth-order valence-corrected chi connectivity index (χ4v) is 1.86. The molecule has 5 nitrogen and oxygen atoms in total. The maximum absolute atomic E-state index is 11.9. The molecule has 6 heteroatoms. The van der Waals surface area contributed by atoms with E-state index in [1.807, 2.05) is 0 Å². The standard InChI is InChI=1S/C13H13ClN4O/c1-8-16-3-2-12(18-8)7-17-13(19)9-4-10(14)6-11(15)5-9/h2-6H,7,15H2,1H3,(H,17,19). The third-order valence-electron chi connectivity index (χ3n) is 2.45. The molecular formula is C13H13ClN4O. The van der Waals surface area contributed by atoms with Crippen molar-refractivity contribution in [2.45, 2.75) is 13.5 Å². The van der Waals surface area contributed by atoms with Gasteiger partial charge in [0.05, 0.1) is 12.2 Å². The molecule has 0 fully saturated rings. The van der Waals surface area contributed by atoms with Gasteiger partial charge in [-0.15, -0.1) is 0 Å². The lowest BCUT2D eigenvalue weighted by Gasteiger charge is -2.06. The minimum atomic E-state index is -0.245. The zero-order valence-electron chi connectivity index (χ0n) is 10.4. The smallest absolute Gasteiger partial charge is 0.251 e. The predicted octanol–water partition coefficient (Wildman–Crippen LogP) is 1.95. The lowest BCUT2D eigenvalue weighted by atomic mass is 10.2. The third kappa shape index (κ3) is 3.66. The van der Waals surface area contributed by atoms with Crippen molar-refractivity contribution in [3.63, 3.8) is 0 Å². The van der Waals surface area contributed by atoms with Crippen LogP contribution in [0.2, 0.25) is 5.02 Å². The van der Waals surface area contributed by atoms with Gasteiger partial charge in [-0.1, -0.05) is 11.6 Å². The van der Waals surface area contributed by atoms with Crippen LogP contribution in [0, 0.1) is 6.92 Å². The minimum absolute atomic E-state index is 0.245. The molecule has 0 unspecified atom stereocenters. The molecule has 0 radical (unpaired) electrons. The molecule has 1 aromatic carbocycles. The Hall–Kier alpha value is -2.14. The van der Waals surface area contributed by atoms with Crippen molar-refractivity contribution in [1.29, 1.82) is 0 Å². The number of amides is 1. The van der Waals surface area contributed by atoms with Crippen molar-refractivity contribution in [2.24, 2.45) is 0 Å². The van der Waals surface area contributed by atoms with Crippen LogP contribution in [0.5, 0.6) is 0 Å². The van der Waals surface area contributed by atoms with Gasteiger partial charge in [-0.2, -0.15) is 0 Å². The van der Waals surface area contributed by atoms with Crippen molar-refractivity contribution in [1.82, 2.24) is 15.3 Å². The summed E-state index contributed by atoms with van der Waals surface area (Å²) < 4.78 is 0. The van der Waals surface area contributed by atoms with Crippen LogP contribution in [0.4, 0.5) is 5.69 Å². The number of aromatic nitrogens is 2. The normalized spacial score (nSPS) is 10.2. The molecule has 0 aliphatic carbocycles. The fraction of sp³-hybridized carbons (Fsp3) is 0.154. The zero-order chi connectivity index (χ0) is 13.8. The van der Waals surface area contributed by atoms with Crippen LogP contribution in [-0.2, 0) is 6.54 Å². The lowest BCUT2D eigenvalue weighted by molar-refractivity contribution is 0.0950. The van der Waals surface area contributed by atoms with Gasteiger partial charge in [0.25, 0.3) is 5.91 Å². The van der Waals surface area contributed by atoms with Crippen LogP contribution in [0.25, 0.3) is 0 Å². The molecule has 0 saturated carbocycles. The Morgan fingerprint density at radius 1 is 1.42 bits per heavy atom. The molecule has 0 aliphatic rings. The number of nitrogens with one attached hydrogen (secondary N) is 1. The average molecular weight is 277 g/mol. The first-order valence-corrected chi connectivity index (χ1v) is 6.05. The van der Waals surface area contributed by atoms with Gasteiger partial charge in [0.2, 0.25) is 0 Å². The number of hydrogen-bond acceptors (Lipinski definition) is 4. The van der Waals surface area contributed by atoms with Gasteiger partial charge in [-0.25, -0.2) is 9.97 Å². The van der Waals surface area contributed by atoms with Crippen LogP contribution < -0.4 is 11.1 Å². The van der Waals surface area contributed by atoms with Crippen LogP contribution in [-0.4, -0.2) is 15.9 Å². The van der Waals surface area contributed by atoms with Gasteiger partial charge in [-0.05, 0) is 31.2 Å². The number of hydrogen-bond donors (Lipinski definition) is 2. The Balaban J connectivity index is 2.05. The molecule has 0 atom stereocenters. The molecule has 19 heavy (non-hydrogen) atoms. The van der Waals surface area contributed by atoms with E-state index in [1.54, 1.807) is 37.4 Å².